The number of carbonyl (C=O) groups is 1. The minimum Gasteiger partial charge on any atom is -0.487 e. The minimum atomic E-state index is -5.08. The zero-order valence-electron chi connectivity index (χ0n) is 17.2. The Hall–Kier alpha value is -3.55. The van der Waals surface area contributed by atoms with E-state index in [0.717, 1.165) is 12.1 Å². The summed E-state index contributed by atoms with van der Waals surface area (Å²) < 4.78 is 65.7. The molecule has 14 heteroatoms. The maximum absolute atomic E-state index is 13.7. The van der Waals surface area contributed by atoms with Crippen LogP contribution in [-0.2, 0) is 17.9 Å². The fourth-order valence-electron chi connectivity index (χ4n) is 2.42. The number of pyridine rings is 1. The Morgan fingerprint density at radius 1 is 1.21 bits per heavy atom. The number of anilines is 1. The molecule has 182 valence electrons. The number of alkyl halides is 3. The lowest BCUT2D eigenvalue weighted by atomic mass is 10.2. The number of aliphatic carboxylic acids is 1. The summed E-state index contributed by atoms with van der Waals surface area (Å²) in [5, 5.41) is 7.12. The molecular weight excluding hydrogens is 535 g/mol. The average Bonchev–Trinajstić information content (AvgIpc) is 2.75. The number of nitrogens with two attached hydrogens (primary N) is 1. The van der Waals surface area contributed by atoms with Gasteiger partial charge in [0.25, 0.3) is 5.56 Å². The molecule has 2 heterocycles. The molecule has 0 fully saturated rings. The van der Waals surface area contributed by atoms with Gasteiger partial charge in [0.2, 0.25) is 0 Å². The Bertz CT molecular complexity index is 1230. The van der Waals surface area contributed by atoms with Gasteiger partial charge < -0.3 is 20.1 Å². The molecule has 2 aromatic heterocycles. The smallest absolute Gasteiger partial charge is 0.487 e. The second-order valence-corrected chi connectivity index (χ2v) is 7.41. The fraction of sp³-hybridized carbons (Fsp3) is 0.200. The molecule has 1 aromatic carbocycles. The molecule has 3 aromatic rings. The maximum Gasteiger partial charge on any atom is 0.490 e. The minimum absolute atomic E-state index is 0.142. The van der Waals surface area contributed by atoms with Crippen molar-refractivity contribution in [3.05, 3.63) is 80.1 Å². The van der Waals surface area contributed by atoms with Gasteiger partial charge in [-0.05, 0) is 35.0 Å². The topological polar surface area (TPSA) is 120 Å². The largest absolute Gasteiger partial charge is 0.490 e. The van der Waals surface area contributed by atoms with E-state index >= 15 is 0 Å². The van der Waals surface area contributed by atoms with Gasteiger partial charge in [-0.1, -0.05) is 0 Å². The Morgan fingerprint density at radius 3 is 2.38 bits per heavy atom. The van der Waals surface area contributed by atoms with E-state index in [-0.39, 0.29) is 34.5 Å². The molecule has 34 heavy (non-hydrogen) atoms. The number of hydrogen-bond donors (Lipinski definition) is 2. The lowest BCUT2D eigenvalue weighted by molar-refractivity contribution is -0.192. The van der Waals surface area contributed by atoms with Gasteiger partial charge in [-0.3, -0.25) is 9.78 Å². The van der Waals surface area contributed by atoms with Crippen LogP contribution in [0.2, 0.25) is 0 Å². The normalized spacial score (nSPS) is 10.9. The molecule has 3 rings (SSSR count). The molecule has 0 spiro atoms. The molecule has 0 aliphatic rings. The predicted octanol–water partition coefficient (Wildman–Crippen LogP) is 3.83. The third kappa shape index (κ3) is 7.23. The number of rotatable bonds is 5. The van der Waals surface area contributed by atoms with Crippen LogP contribution in [0.25, 0.3) is 0 Å². The first-order chi connectivity index (χ1) is 15.8. The van der Waals surface area contributed by atoms with Gasteiger partial charge in [0.05, 0.1) is 24.6 Å². The summed E-state index contributed by atoms with van der Waals surface area (Å²) in [6.45, 7) is 1.81. The third-order valence-electron chi connectivity index (χ3n) is 4.10. The zero-order chi connectivity index (χ0) is 25.6. The van der Waals surface area contributed by atoms with Crippen molar-refractivity contribution in [1.82, 2.24) is 14.5 Å². The Balaban J connectivity index is 0.000000509. The highest BCUT2D eigenvalue weighted by Crippen LogP contribution is 2.24. The molecule has 0 saturated heterocycles. The number of aromatic nitrogens is 3. The van der Waals surface area contributed by atoms with Gasteiger partial charge in [-0.15, -0.1) is 0 Å². The van der Waals surface area contributed by atoms with Crippen molar-refractivity contribution >= 4 is 27.7 Å². The van der Waals surface area contributed by atoms with Gasteiger partial charge in [0, 0.05) is 23.4 Å². The van der Waals surface area contributed by atoms with Gasteiger partial charge in [0.1, 0.15) is 34.3 Å². The van der Waals surface area contributed by atoms with E-state index in [2.05, 4.69) is 25.9 Å². The summed E-state index contributed by atoms with van der Waals surface area (Å²) in [7, 11) is 0. The SMILES string of the molecule is Cc1cc(OCc2ccc(F)cc2F)c(Br)c(=O)n1Cc1cnc(N)cn1.O=C(O)C(F)(F)F. The van der Waals surface area contributed by atoms with Crippen LogP contribution >= 0.6 is 15.9 Å². The zero-order valence-corrected chi connectivity index (χ0v) is 18.8. The first-order valence-electron chi connectivity index (χ1n) is 9.12. The van der Waals surface area contributed by atoms with E-state index in [9.17, 15) is 26.7 Å². The van der Waals surface area contributed by atoms with Crippen LogP contribution in [0.4, 0.5) is 27.8 Å². The molecule has 8 nitrogen and oxygen atoms in total. The second kappa shape index (κ2) is 11.0. The monoisotopic (exact) mass is 550 g/mol. The number of carboxylic acids is 1. The van der Waals surface area contributed by atoms with Crippen LogP contribution < -0.4 is 16.0 Å². The molecule has 3 N–H and O–H groups in total. The van der Waals surface area contributed by atoms with Crippen LogP contribution in [0, 0.1) is 18.6 Å². The second-order valence-electron chi connectivity index (χ2n) is 6.62. The summed E-state index contributed by atoms with van der Waals surface area (Å²) in [5.74, 6) is -3.58. The first kappa shape index (κ1) is 26.7. The molecule has 0 unspecified atom stereocenters. The lowest BCUT2D eigenvalue weighted by Crippen LogP contribution is -2.24. The number of aryl methyl sites for hydroxylation is 1. The van der Waals surface area contributed by atoms with Crippen molar-refractivity contribution in [2.24, 2.45) is 0 Å². The number of nitrogen functional groups attached to an aromatic ring is 1. The van der Waals surface area contributed by atoms with Crippen molar-refractivity contribution in [2.45, 2.75) is 26.3 Å². The molecule has 0 aliphatic carbocycles. The molecule has 0 bridgehead atoms. The molecule has 0 saturated carbocycles. The molecule has 0 aliphatic heterocycles. The number of nitrogens with zero attached hydrogens (tertiary/aromatic N) is 3. The quantitative estimate of drug-likeness (QED) is 0.463. The van der Waals surface area contributed by atoms with Crippen molar-refractivity contribution in [3.63, 3.8) is 0 Å². The Labute approximate surface area is 197 Å². The van der Waals surface area contributed by atoms with Gasteiger partial charge in [-0.2, -0.15) is 13.2 Å². The highest BCUT2D eigenvalue weighted by Gasteiger charge is 2.38. The average molecular weight is 551 g/mol. The van der Waals surface area contributed by atoms with Crippen LogP contribution in [0.3, 0.4) is 0 Å². The van der Waals surface area contributed by atoms with Crippen LogP contribution in [0.5, 0.6) is 5.75 Å². The van der Waals surface area contributed by atoms with E-state index < -0.39 is 23.8 Å². The first-order valence-corrected chi connectivity index (χ1v) is 9.92. The predicted molar refractivity (Wildman–Crippen MR) is 113 cm³/mol. The maximum atomic E-state index is 13.7. The molecule has 0 atom stereocenters. The van der Waals surface area contributed by atoms with Crippen molar-refractivity contribution in [3.8, 4) is 5.75 Å². The third-order valence-corrected chi connectivity index (χ3v) is 4.83. The standard InChI is InChI=1S/C18H15BrF2N4O2.C2HF3O2/c1-10-4-15(27-9-11-2-3-12(20)5-14(11)21)17(19)18(26)25(10)8-13-6-24-16(22)7-23-13;3-2(4,5)1(6)7/h2-7H,8-9H2,1H3,(H2,22,24);(H,6,7). The number of carboxylic acid groups (broad SMARTS) is 1. The molecule has 0 radical (unpaired) electrons. The van der Waals surface area contributed by atoms with Crippen molar-refractivity contribution < 1.29 is 36.6 Å². The van der Waals surface area contributed by atoms with Crippen LogP contribution in [0.15, 0.2) is 45.9 Å². The molecular formula is C20H16BrF5N4O4. The van der Waals surface area contributed by atoms with E-state index in [1.807, 2.05) is 0 Å². The number of ether oxygens (including phenoxy) is 1. The highest BCUT2D eigenvalue weighted by molar-refractivity contribution is 9.10. The number of hydrogen-bond acceptors (Lipinski definition) is 6. The van der Waals surface area contributed by atoms with Gasteiger partial charge in [0.15, 0.2) is 0 Å². The fourth-order valence-corrected chi connectivity index (χ4v) is 2.86. The van der Waals surface area contributed by atoms with Crippen molar-refractivity contribution in [2.75, 3.05) is 5.73 Å². The van der Waals surface area contributed by atoms with Crippen molar-refractivity contribution in [1.29, 1.82) is 0 Å². The van der Waals surface area contributed by atoms with E-state index in [4.69, 9.17) is 20.4 Å². The summed E-state index contributed by atoms with van der Waals surface area (Å²) in [4.78, 5) is 29.6. The van der Waals surface area contributed by atoms with E-state index in [1.165, 1.54) is 23.0 Å². The summed E-state index contributed by atoms with van der Waals surface area (Å²) in [6.07, 6.45) is -2.17. The summed E-state index contributed by atoms with van der Waals surface area (Å²) in [5.41, 5.74) is 6.56. The van der Waals surface area contributed by atoms with E-state index in [0.29, 0.717) is 17.2 Å². The Morgan fingerprint density at radius 2 is 1.85 bits per heavy atom. The number of halogens is 6. The highest BCUT2D eigenvalue weighted by atomic mass is 79.9. The van der Waals surface area contributed by atoms with Gasteiger partial charge in [-0.25, -0.2) is 18.6 Å². The van der Waals surface area contributed by atoms with Crippen LogP contribution in [0.1, 0.15) is 17.0 Å². The van der Waals surface area contributed by atoms with Gasteiger partial charge >= 0.3 is 12.1 Å². The molecule has 0 amide bonds. The summed E-state index contributed by atoms with van der Waals surface area (Å²) in [6, 6.07) is 4.88. The van der Waals surface area contributed by atoms with E-state index in [1.54, 1.807) is 13.0 Å². The summed E-state index contributed by atoms with van der Waals surface area (Å²) >= 11 is 3.23. The van der Waals surface area contributed by atoms with Crippen LogP contribution in [-0.4, -0.2) is 31.8 Å². The Kier molecular flexibility index (Phi) is 8.68. The number of benzene rings is 1. The lowest BCUT2D eigenvalue weighted by Gasteiger charge is -2.14.